The average molecular weight is 472 g/mol. The molecule has 34 heavy (non-hydrogen) atoms. The number of carbonyl (C=O) groups excluding carboxylic acids is 1. The Morgan fingerprint density at radius 2 is 1.76 bits per heavy atom. The molecule has 2 fully saturated rings. The summed E-state index contributed by atoms with van der Waals surface area (Å²) in [4.78, 5) is 21.8. The highest BCUT2D eigenvalue weighted by atomic mass is 19.4. The zero-order valence-electron chi connectivity index (χ0n) is 18.2. The molecule has 2 saturated heterocycles. The monoisotopic (exact) mass is 472 g/mol. The van der Waals surface area contributed by atoms with E-state index < -0.39 is 29.1 Å². The van der Waals surface area contributed by atoms with E-state index in [0.717, 1.165) is 18.9 Å². The summed E-state index contributed by atoms with van der Waals surface area (Å²) in [5.41, 5.74) is -0.506. The summed E-state index contributed by atoms with van der Waals surface area (Å²) in [6.07, 6.45) is -1.79. The van der Waals surface area contributed by atoms with Gasteiger partial charge < -0.3 is 24.7 Å². The van der Waals surface area contributed by atoms with Gasteiger partial charge in [-0.3, -0.25) is 4.79 Å². The van der Waals surface area contributed by atoms with Gasteiger partial charge in [0, 0.05) is 31.6 Å². The standard InChI is InChI=1S/C24H23F3N4O3/c25-24(26,27)18-14-19(16-4-2-1-3-5-16)30-21(18)22(32)29-17-6-7-20(28-15-17)31-10-8-23(9-11-31)33-12-13-34-23/h1-7,14-15,30H,8-13H2,(H,29,32). The minimum Gasteiger partial charge on any atom is -0.356 e. The van der Waals surface area contributed by atoms with E-state index >= 15 is 0 Å². The number of hydrogen-bond donors (Lipinski definition) is 2. The summed E-state index contributed by atoms with van der Waals surface area (Å²) < 4.78 is 52.3. The van der Waals surface area contributed by atoms with Crippen molar-refractivity contribution in [1.82, 2.24) is 9.97 Å². The molecule has 7 nitrogen and oxygen atoms in total. The number of amides is 1. The number of H-pyrrole nitrogens is 1. The number of nitrogens with zero attached hydrogens (tertiary/aromatic N) is 2. The second-order valence-corrected chi connectivity index (χ2v) is 8.29. The maximum Gasteiger partial charge on any atom is 0.418 e. The number of alkyl halides is 3. The van der Waals surface area contributed by atoms with Crippen LogP contribution in [0.2, 0.25) is 0 Å². The number of rotatable bonds is 4. The summed E-state index contributed by atoms with van der Waals surface area (Å²) in [6.45, 7) is 2.63. The van der Waals surface area contributed by atoms with E-state index in [1.54, 1.807) is 42.5 Å². The Balaban J connectivity index is 1.29. The second-order valence-electron chi connectivity index (χ2n) is 8.29. The fourth-order valence-corrected chi connectivity index (χ4v) is 4.33. The summed E-state index contributed by atoms with van der Waals surface area (Å²) in [6, 6.07) is 12.8. The van der Waals surface area contributed by atoms with E-state index in [1.807, 2.05) is 0 Å². The zero-order chi connectivity index (χ0) is 23.8. The number of carbonyl (C=O) groups is 1. The Bertz CT molecular complexity index is 1150. The molecule has 0 unspecified atom stereocenters. The molecule has 0 bridgehead atoms. The number of ether oxygens (including phenoxy) is 2. The quantitative estimate of drug-likeness (QED) is 0.576. The van der Waals surface area contributed by atoms with E-state index in [1.165, 1.54) is 6.20 Å². The van der Waals surface area contributed by atoms with Crippen LogP contribution >= 0.6 is 0 Å². The van der Waals surface area contributed by atoms with Crippen LogP contribution in [-0.2, 0) is 15.7 Å². The van der Waals surface area contributed by atoms with Crippen molar-refractivity contribution in [2.24, 2.45) is 0 Å². The van der Waals surface area contributed by atoms with Crippen molar-refractivity contribution in [1.29, 1.82) is 0 Å². The van der Waals surface area contributed by atoms with E-state index in [2.05, 4.69) is 20.2 Å². The van der Waals surface area contributed by atoms with Crippen molar-refractivity contribution in [2.75, 3.05) is 36.5 Å². The molecule has 1 amide bonds. The van der Waals surface area contributed by atoms with Crippen molar-refractivity contribution in [3.05, 3.63) is 66.0 Å². The summed E-state index contributed by atoms with van der Waals surface area (Å²) in [7, 11) is 0. The van der Waals surface area contributed by atoms with Crippen LogP contribution in [0.1, 0.15) is 28.9 Å². The first-order chi connectivity index (χ1) is 16.3. The first-order valence-corrected chi connectivity index (χ1v) is 11.0. The topological polar surface area (TPSA) is 79.5 Å². The lowest BCUT2D eigenvalue weighted by atomic mass is 10.0. The fraction of sp³-hybridized carbons (Fsp3) is 0.333. The Hall–Kier alpha value is -3.37. The van der Waals surface area contributed by atoms with Crippen LogP contribution in [0, 0.1) is 0 Å². The molecular weight excluding hydrogens is 449 g/mol. The third kappa shape index (κ3) is 4.51. The van der Waals surface area contributed by atoms with Gasteiger partial charge in [-0.1, -0.05) is 30.3 Å². The smallest absolute Gasteiger partial charge is 0.356 e. The highest BCUT2D eigenvalue weighted by Gasteiger charge is 2.40. The van der Waals surface area contributed by atoms with Crippen molar-refractivity contribution < 1.29 is 27.4 Å². The van der Waals surface area contributed by atoms with Crippen LogP contribution < -0.4 is 10.2 Å². The Labute approximate surface area is 193 Å². The van der Waals surface area contributed by atoms with Crippen LogP contribution in [0.25, 0.3) is 11.3 Å². The first kappa shape index (κ1) is 22.4. The van der Waals surface area contributed by atoms with Gasteiger partial charge in [0.05, 0.1) is 30.7 Å². The lowest BCUT2D eigenvalue weighted by Gasteiger charge is -2.38. The predicted octanol–water partition coefficient (Wildman–Crippen LogP) is 4.69. The van der Waals surface area contributed by atoms with Gasteiger partial charge in [0.1, 0.15) is 11.5 Å². The number of pyridine rings is 1. The highest BCUT2D eigenvalue weighted by molar-refractivity contribution is 6.04. The van der Waals surface area contributed by atoms with Gasteiger partial charge in [0.15, 0.2) is 5.79 Å². The Kier molecular flexibility index (Phi) is 5.78. The lowest BCUT2D eigenvalue weighted by molar-refractivity contribution is -0.169. The number of halogens is 3. The Morgan fingerprint density at radius 3 is 2.38 bits per heavy atom. The van der Waals surface area contributed by atoms with Gasteiger partial charge in [-0.2, -0.15) is 13.2 Å². The van der Waals surface area contributed by atoms with Crippen LogP contribution in [-0.4, -0.2) is 48.0 Å². The molecular formula is C24H23F3N4O3. The van der Waals surface area contributed by atoms with Crippen molar-refractivity contribution in [3.8, 4) is 11.3 Å². The predicted molar refractivity (Wildman–Crippen MR) is 120 cm³/mol. The van der Waals surface area contributed by atoms with E-state index in [-0.39, 0.29) is 5.69 Å². The molecule has 0 aliphatic carbocycles. The lowest BCUT2D eigenvalue weighted by Crippen LogP contribution is -2.45. The average Bonchev–Trinajstić information content (AvgIpc) is 3.49. The number of hydrogen-bond acceptors (Lipinski definition) is 5. The molecule has 2 aliphatic rings. The second kappa shape index (κ2) is 8.77. The molecule has 5 rings (SSSR count). The molecule has 2 N–H and O–H groups in total. The molecule has 2 aliphatic heterocycles. The molecule has 0 radical (unpaired) electrons. The summed E-state index contributed by atoms with van der Waals surface area (Å²) in [5, 5.41) is 2.51. The SMILES string of the molecule is O=C(Nc1ccc(N2CCC3(CC2)OCCO3)nc1)c1[nH]c(-c2ccccc2)cc1C(F)(F)F. The highest BCUT2D eigenvalue weighted by Crippen LogP contribution is 2.36. The number of benzene rings is 1. The van der Waals surface area contributed by atoms with Crippen molar-refractivity contribution >= 4 is 17.4 Å². The molecule has 2 aromatic heterocycles. The van der Waals surface area contributed by atoms with E-state index in [9.17, 15) is 18.0 Å². The number of aromatic amines is 1. The maximum atomic E-state index is 13.6. The summed E-state index contributed by atoms with van der Waals surface area (Å²) in [5.74, 6) is -0.664. The molecule has 0 saturated carbocycles. The first-order valence-electron chi connectivity index (χ1n) is 11.0. The summed E-state index contributed by atoms with van der Waals surface area (Å²) >= 11 is 0. The fourth-order valence-electron chi connectivity index (χ4n) is 4.33. The van der Waals surface area contributed by atoms with Gasteiger partial charge in [0.2, 0.25) is 0 Å². The molecule has 1 aromatic carbocycles. The van der Waals surface area contributed by atoms with Gasteiger partial charge >= 0.3 is 6.18 Å². The van der Waals surface area contributed by atoms with Crippen LogP contribution in [0.3, 0.4) is 0 Å². The van der Waals surface area contributed by atoms with Gasteiger partial charge in [-0.05, 0) is 23.8 Å². The van der Waals surface area contributed by atoms with Gasteiger partial charge in [0.25, 0.3) is 5.91 Å². The molecule has 4 heterocycles. The van der Waals surface area contributed by atoms with Crippen LogP contribution in [0.15, 0.2) is 54.7 Å². The minimum absolute atomic E-state index is 0.213. The molecule has 178 valence electrons. The third-order valence-corrected chi connectivity index (χ3v) is 6.10. The molecule has 1 spiro atoms. The maximum absolute atomic E-state index is 13.6. The van der Waals surface area contributed by atoms with Crippen LogP contribution in [0.4, 0.5) is 24.7 Å². The number of aromatic nitrogens is 2. The van der Waals surface area contributed by atoms with Gasteiger partial charge in [-0.15, -0.1) is 0 Å². The Morgan fingerprint density at radius 1 is 1.06 bits per heavy atom. The largest absolute Gasteiger partial charge is 0.418 e. The van der Waals surface area contributed by atoms with Crippen molar-refractivity contribution in [3.63, 3.8) is 0 Å². The number of anilines is 2. The zero-order valence-corrected chi connectivity index (χ0v) is 18.2. The molecule has 0 atom stereocenters. The minimum atomic E-state index is -4.68. The van der Waals surface area contributed by atoms with Crippen LogP contribution in [0.5, 0.6) is 0 Å². The molecule has 3 aromatic rings. The van der Waals surface area contributed by atoms with Gasteiger partial charge in [-0.25, -0.2) is 4.98 Å². The molecule has 10 heteroatoms. The van der Waals surface area contributed by atoms with E-state index in [4.69, 9.17) is 9.47 Å². The number of nitrogens with one attached hydrogen (secondary N) is 2. The van der Waals surface area contributed by atoms with Crippen molar-refractivity contribution in [2.45, 2.75) is 24.8 Å². The number of piperidine rings is 1. The van der Waals surface area contributed by atoms with E-state index in [0.29, 0.717) is 43.4 Å². The third-order valence-electron chi connectivity index (χ3n) is 6.10. The normalized spacial score (nSPS) is 17.8.